The Bertz CT molecular complexity index is 477. The molecule has 0 aliphatic heterocycles. The van der Waals surface area contributed by atoms with Crippen molar-refractivity contribution in [3.05, 3.63) is 47.9 Å². The summed E-state index contributed by atoms with van der Waals surface area (Å²) in [5.74, 6) is 0.584. The van der Waals surface area contributed by atoms with Crippen LogP contribution in [-0.2, 0) is 6.54 Å². The molecule has 0 aliphatic carbocycles. The number of carbonyl (C=O) groups is 1. The molecule has 0 bridgehead atoms. The molecule has 0 fully saturated rings. The van der Waals surface area contributed by atoms with Gasteiger partial charge in [-0.2, -0.15) is 0 Å². The molecule has 5 nitrogen and oxygen atoms in total. The molecule has 1 aromatic carbocycles. The summed E-state index contributed by atoms with van der Waals surface area (Å²) in [6.07, 6.45) is 2.69. The van der Waals surface area contributed by atoms with Crippen LogP contribution in [0.2, 0.25) is 0 Å². The maximum absolute atomic E-state index is 11.6. The number of aromatic nitrogens is 1. The van der Waals surface area contributed by atoms with E-state index in [0.717, 1.165) is 11.3 Å². The van der Waals surface area contributed by atoms with Gasteiger partial charge < -0.3 is 14.6 Å². The van der Waals surface area contributed by atoms with Gasteiger partial charge in [0.05, 0.1) is 18.9 Å². The zero-order valence-corrected chi connectivity index (χ0v) is 9.34. The highest BCUT2D eigenvalue weighted by Crippen LogP contribution is 2.11. The third-order valence-electron chi connectivity index (χ3n) is 2.31. The number of nitrogens with one attached hydrogen (secondary N) is 1. The fourth-order valence-corrected chi connectivity index (χ4v) is 1.34. The largest absolute Gasteiger partial charge is 0.497 e. The van der Waals surface area contributed by atoms with Gasteiger partial charge in [0.2, 0.25) is 0 Å². The van der Waals surface area contributed by atoms with Crippen LogP contribution >= 0.6 is 0 Å². The minimum atomic E-state index is -0.206. The molecule has 0 radical (unpaired) electrons. The Morgan fingerprint density at radius 1 is 1.41 bits per heavy atom. The van der Waals surface area contributed by atoms with E-state index in [9.17, 15) is 4.79 Å². The highest BCUT2D eigenvalue weighted by molar-refractivity contribution is 5.93. The standard InChI is InChI=1S/C12H12N2O3/c1-16-11-4-2-9(3-5-11)6-13-12(15)10-7-14-17-8-10/h2-5,7-8H,6H2,1H3,(H,13,15). The zero-order chi connectivity index (χ0) is 12.1. The summed E-state index contributed by atoms with van der Waals surface area (Å²) < 4.78 is 9.64. The number of carbonyl (C=O) groups excluding carboxylic acids is 1. The number of amides is 1. The molecule has 5 heteroatoms. The van der Waals surface area contributed by atoms with E-state index in [1.807, 2.05) is 24.3 Å². The lowest BCUT2D eigenvalue weighted by Gasteiger charge is -2.04. The lowest BCUT2D eigenvalue weighted by Crippen LogP contribution is -2.22. The molecule has 1 amide bonds. The quantitative estimate of drug-likeness (QED) is 0.869. The second-order valence-corrected chi connectivity index (χ2v) is 3.44. The van der Waals surface area contributed by atoms with Crippen LogP contribution in [0.25, 0.3) is 0 Å². The Morgan fingerprint density at radius 3 is 2.76 bits per heavy atom. The summed E-state index contributed by atoms with van der Waals surface area (Å²) in [6, 6.07) is 7.49. The van der Waals surface area contributed by atoms with E-state index in [1.165, 1.54) is 12.5 Å². The van der Waals surface area contributed by atoms with Crippen molar-refractivity contribution in [2.75, 3.05) is 7.11 Å². The van der Waals surface area contributed by atoms with Gasteiger partial charge in [-0.1, -0.05) is 17.3 Å². The van der Waals surface area contributed by atoms with Crippen molar-refractivity contribution >= 4 is 5.91 Å². The van der Waals surface area contributed by atoms with Gasteiger partial charge in [-0.3, -0.25) is 4.79 Å². The van der Waals surface area contributed by atoms with Gasteiger partial charge in [-0.15, -0.1) is 0 Å². The second kappa shape index (κ2) is 5.16. The maximum atomic E-state index is 11.6. The normalized spacial score (nSPS) is 9.94. The molecule has 1 heterocycles. The van der Waals surface area contributed by atoms with E-state index < -0.39 is 0 Å². The topological polar surface area (TPSA) is 64.4 Å². The Kier molecular flexibility index (Phi) is 3.40. The van der Waals surface area contributed by atoms with Gasteiger partial charge in [-0.05, 0) is 17.7 Å². The summed E-state index contributed by atoms with van der Waals surface area (Å²) in [6.45, 7) is 0.452. The predicted molar refractivity (Wildman–Crippen MR) is 60.7 cm³/mol. The first-order chi connectivity index (χ1) is 8.29. The molecule has 17 heavy (non-hydrogen) atoms. The Balaban J connectivity index is 1.91. The number of ether oxygens (including phenoxy) is 1. The molecule has 0 saturated heterocycles. The molecular formula is C12H12N2O3. The van der Waals surface area contributed by atoms with Gasteiger partial charge in [0, 0.05) is 6.54 Å². The lowest BCUT2D eigenvalue weighted by atomic mass is 10.2. The minimum Gasteiger partial charge on any atom is -0.497 e. The summed E-state index contributed by atoms with van der Waals surface area (Å²) in [4.78, 5) is 11.6. The molecular weight excluding hydrogens is 220 g/mol. The summed E-state index contributed by atoms with van der Waals surface area (Å²) in [5, 5.41) is 6.23. The molecule has 0 spiro atoms. The first kappa shape index (κ1) is 11.2. The van der Waals surface area contributed by atoms with Crippen molar-refractivity contribution in [1.82, 2.24) is 10.5 Å². The van der Waals surface area contributed by atoms with Crippen LogP contribution in [0.5, 0.6) is 5.75 Å². The van der Waals surface area contributed by atoms with Crippen LogP contribution in [0.4, 0.5) is 0 Å². The van der Waals surface area contributed by atoms with Gasteiger partial charge >= 0.3 is 0 Å². The fourth-order valence-electron chi connectivity index (χ4n) is 1.34. The number of hydrogen-bond donors (Lipinski definition) is 1. The van der Waals surface area contributed by atoms with Crippen LogP contribution in [-0.4, -0.2) is 18.2 Å². The molecule has 2 rings (SSSR count). The van der Waals surface area contributed by atoms with Crippen molar-refractivity contribution in [2.45, 2.75) is 6.54 Å². The molecule has 0 atom stereocenters. The first-order valence-electron chi connectivity index (χ1n) is 5.10. The number of methoxy groups -OCH3 is 1. The number of hydrogen-bond acceptors (Lipinski definition) is 4. The van der Waals surface area contributed by atoms with E-state index >= 15 is 0 Å². The van der Waals surface area contributed by atoms with Gasteiger partial charge in [0.15, 0.2) is 0 Å². The van der Waals surface area contributed by atoms with E-state index in [4.69, 9.17) is 4.74 Å². The minimum absolute atomic E-state index is 0.206. The highest BCUT2D eigenvalue weighted by atomic mass is 16.5. The molecule has 0 unspecified atom stereocenters. The zero-order valence-electron chi connectivity index (χ0n) is 9.34. The van der Waals surface area contributed by atoms with Gasteiger partial charge in [-0.25, -0.2) is 0 Å². The van der Waals surface area contributed by atoms with Crippen LogP contribution in [0, 0.1) is 0 Å². The summed E-state index contributed by atoms with van der Waals surface area (Å²) >= 11 is 0. The SMILES string of the molecule is COc1ccc(CNC(=O)c2cnoc2)cc1. The Morgan fingerprint density at radius 2 is 2.18 bits per heavy atom. The molecule has 0 aliphatic rings. The second-order valence-electron chi connectivity index (χ2n) is 3.44. The van der Waals surface area contributed by atoms with Crippen LogP contribution in [0.15, 0.2) is 41.2 Å². The van der Waals surface area contributed by atoms with E-state index in [0.29, 0.717) is 12.1 Å². The average molecular weight is 232 g/mol. The van der Waals surface area contributed by atoms with Gasteiger partial charge in [0.25, 0.3) is 5.91 Å². The van der Waals surface area contributed by atoms with Crippen molar-refractivity contribution < 1.29 is 14.1 Å². The van der Waals surface area contributed by atoms with E-state index in [-0.39, 0.29) is 5.91 Å². The monoisotopic (exact) mass is 232 g/mol. The fraction of sp³-hybridized carbons (Fsp3) is 0.167. The third-order valence-corrected chi connectivity index (χ3v) is 2.31. The highest BCUT2D eigenvalue weighted by Gasteiger charge is 2.06. The Hall–Kier alpha value is -2.30. The lowest BCUT2D eigenvalue weighted by molar-refractivity contribution is 0.0950. The van der Waals surface area contributed by atoms with Crippen molar-refractivity contribution in [3.8, 4) is 5.75 Å². The van der Waals surface area contributed by atoms with Crippen molar-refractivity contribution in [3.63, 3.8) is 0 Å². The first-order valence-corrected chi connectivity index (χ1v) is 5.10. The van der Waals surface area contributed by atoms with Crippen molar-refractivity contribution in [2.24, 2.45) is 0 Å². The van der Waals surface area contributed by atoms with Gasteiger partial charge in [0.1, 0.15) is 12.0 Å². The summed E-state index contributed by atoms with van der Waals surface area (Å²) in [5.41, 5.74) is 1.41. The molecule has 0 saturated carbocycles. The van der Waals surface area contributed by atoms with Crippen LogP contribution in [0.3, 0.4) is 0 Å². The van der Waals surface area contributed by atoms with Crippen LogP contribution < -0.4 is 10.1 Å². The maximum Gasteiger partial charge on any atom is 0.256 e. The Labute approximate surface area is 98.4 Å². The number of nitrogens with zero attached hydrogens (tertiary/aromatic N) is 1. The molecule has 2 aromatic rings. The number of benzene rings is 1. The number of rotatable bonds is 4. The van der Waals surface area contributed by atoms with Crippen molar-refractivity contribution in [1.29, 1.82) is 0 Å². The van der Waals surface area contributed by atoms with Crippen LogP contribution in [0.1, 0.15) is 15.9 Å². The smallest absolute Gasteiger partial charge is 0.256 e. The predicted octanol–water partition coefficient (Wildman–Crippen LogP) is 1.61. The van der Waals surface area contributed by atoms with E-state index in [2.05, 4.69) is 15.0 Å². The average Bonchev–Trinajstić information content (AvgIpc) is 2.90. The van der Waals surface area contributed by atoms with E-state index in [1.54, 1.807) is 7.11 Å². The molecule has 88 valence electrons. The molecule has 1 aromatic heterocycles. The molecule has 1 N–H and O–H groups in total. The summed E-state index contributed by atoms with van der Waals surface area (Å²) in [7, 11) is 1.61. The third kappa shape index (κ3) is 2.84.